The number of anilines is 1. The first-order chi connectivity index (χ1) is 16.7. The number of imide groups is 1. The van der Waals surface area contributed by atoms with Crippen molar-refractivity contribution in [3.63, 3.8) is 0 Å². The van der Waals surface area contributed by atoms with Crippen LogP contribution in [-0.2, 0) is 19.1 Å². The molecule has 11 heteroatoms. The molecule has 1 aliphatic rings. The Morgan fingerprint density at radius 2 is 1.86 bits per heavy atom. The number of carbonyl (C=O) groups is 4. The first-order valence-corrected chi connectivity index (χ1v) is 11.3. The van der Waals surface area contributed by atoms with Crippen molar-refractivity contribution < 1.29 is 37.8 Å². The summed E-state index contributed by atoms with van der Waals surface area (Å²) >= 11 is 0.671. The van der Waals surface area contributed by atoms with Crippen molar-refractivity contribution in [1.29, 1.82) is 0 Å². The first-order valence-electron chi connectivity index (χ1n) is 10.5. The van der Waals surface area contributed by atoms with Gasteiger partial charge in [0, 0.05) is 11.3 Å². The number of thioether (sulfide) groups is 1. The van der Waals surface area contributed by atoms with Gasteiger partial charge in [-0.25, -0.2) is 4.39 Å². The number of esters is 1. The Bertz CT molecular complexity index is 1160. The van der Waals surface area contributed by atoms with Gasteiger partial charge in [-0.2, -0.15) is 0 Å². The monoisotopic (exact) mass is 502 g/mol. The van der Waals surface area contributed by atoms with Gasteiger partial charge in [-0.1, -0.05) is 12.1 Å². The number of methoxy groups -OCH3 is 1. The molecule has 0 atom stereocenters. The number of nitrogens with zero attached hydrogens (tertiary/aromatic N) is 1. The van der Waals surface area contributed by atoms with Gasteiger partial charge in [0.05, 0.1) is 18.1 Å². The molecule has 0 spiro atoms. The Balaban J connectivity index is 1.76. The van der Waals surface area contributed by atoms with Crippen LogP contribution in [0.5, 0.6) is 11.5 Å². The van der Waals surface area contributed by atoms with E-state index in [2.05, 4.69) is 5.32 Å². The molecule has 1 saturated heterocycles. The van der Waals surface area contributed by atoms with E-state index in [0.717, 1.165) is 4.90 Å². The van der Waals surface area contributed by atoms with Crippen LogP contribution in [0.3, 0.4) is 0 Å². The number of carbonyl (C=O) groups excluding carboxylic acids is 4. The maximum atomic E-state index is 13.0. The van der Waals surface area contributed by atoms with Crippen LogP contribution in [0.1, 0.15) is 19.4 Å². The summed E-state index contributed by atoms with van der Waals surface area (Å²) in [6.45, 7) is 2.43. The molecule has 0 bridgehead atoms. The molecular weight excluding hydrogens is 479 g/mol. The lowest BCUT2D eigenvalue weighted by molar-refractivity contribution is -0.149. The fourth-order valence-electron chi connectivity index (χ4n) is 3.04. The second-order valence-corrected chi connectivity index (χ2v) is 8.52. The summed E-state index contributed by atoms with van der Waals surface area (Å²) in [6.07, 6.45) is 1.05. The maximum Gasteiger partial charge on any atom is 0.326 e. The predicted molar refractivity (Wildman–Crippen MR) is 127 cm³/mol. The zero-order valence-corrected chi connectivity index (χ0v) is 20.0. The predicted octanol–water partition coefficient (Wildman–Crippen LogP) is 3.84. The highest BCUT2D eigenvalue weighted by atomic mass is 32.2. The number of amides is 3. The number of rotatable bonds is 9. The first kappa shape index (κ1) is 25.8. The van der Waals surface area contributed by atoms with Crippen LogP contribution < -0.4 is 14.8 Å². The van der Waals surface area contributed by atoms with E-state index in [4.69, 9.17) is 14.2 Å². The third-order valence-corrected chi connectivity index (χ3v) is 5.43. The number of hydrogen-bond donors (Lipinski definition) is 1. The van der Waals surface area contributed by atoms with Crippen LogP contribution in [0.4, 0.5) is 14.9 Å². The number of ether oxygens (including phenoxy) is 3. The standard InChI is InChI=1S/C24H23FN2O7S/c1-14(2)34-21(29)12-27-23(30)19(35-24(27)31)11-15-5-4-6-18(32-3)22(15)33-13-20(28)26-17-9-7-16(25)8-10-17/h4-11,14H,12-13H2,1-3H3,(H,26,28)/b19-11+. The summed E-state index contributed by atoms with van der Waals surface area (Å²) < 4.78 is 29.0. The molecule has 3 rings (SSSR count). The summed E-state index contributed by atoms with van der Waals surface area (Å²) in [6, 6.07) is 10.1. The average Bonchev–Trinajstić information content (AvgIpc) is 3.06. The summed E-state index contributed by atoms with van der Waals surface area (Å²) in [5.74, 6) is -1.80. The van der Waals surface area contributed by atoms with E-state index >= 15 is 0 Å². The lowest BCUT2D eigenvalue weighted by Gasteiger charge is -2.14. The van der Waals surface area contributed by atoms with Crippen molar-refractivity contribution >= 4 is 46.5 Å². The molecule has 0 aliphatic carbocycles. The van der Waals surface area contributed by atoms with Gasteiger partial charge in [-0.05, 0) is 62.0 Å². The van der Waals surface area contributed by atoms with Gasteiger partial charge < -0.3 is 19.5 Å². The number of hydrogen-bond acceptors (Lipinski definition) is 8. The second-order valence-electron chi connectivity index (χ2n) is 7.53. The van der Waals surface area contributed by atoms with Crippen LogP contribution in [-0.4, -0.2) is 54.3 Å². The van der Waals surface area contributed by atoms with Crippen molar-refractivity contribution in [2.45, 2.75) is 20.0 Å². The van der Waals surface area contributed by atoms with Gasteiger partial charge in [0.25, 0.3) is 17.1 Å². The van der Waals surface area contributed by atoms with E-state index in [1.807, 2.05) is 0 Å². The van der Waals surface area contributed by atoms with Crippen molar-refractivity contribution in [1.82, 2.24) is 4.90 Å². The van der Waals surface area contributed by atoms with Crippen molar-refractivity contribution in [3.05, 3.63) is 58.8 Å². The van der Waals surface area contributed by atoms with Gasteiger partial charge in [0.2, 0.25) is 0 Å². The molecular formula is C24H23FN2O7S. The van der Waals surface area contributed by atoms with Crippen LogP contribution in [0.25, 0.3) is 6.08 Å². The van der Waals surface area contributed by atoms with E-state index in [1.165, 1.54) is 37.5 Å². The van der Waals surface area contributed by atoms with Crippen LogP contribution in [0.15, 0.2) is 47.4 Å². The molecule has 0 radical (unpaired) electrons. The minimum atomic E-state index is -0.693. The summed E-state index contributed by atoms with van der Waals surface area (Å²) in [4.78, 5) is 50.1. The second kappa shape index (κ2) is 11.5. The molecule has 3 amide bonds. The van der Waals surface area contributed by atoms with E-state index in [1.54, 1.807) is 32.0 Å². The van der Waals surface area contributed by atoms with Crippen molar-refractivity contribution in [3.8, 4) is 11.5 Å². The normalized spacial score (nSPS) is 14.4. The van der Waals surface area contributed by atoms with E-state index in [9.17, 15) is 23.6 Å². The molecule has 0 aromatic heterocycles. The minimum Gasteiger partial charge on any atom is -0.493 e. The molecule has 35 heavy (non-hydrogen) atoms. The maximum absolute atomic E-state index is 13.0. The molecule has 2 aromatic rings. The molecule has 1 N–H and O–H groups in total. The van der Waals surface area contributed by atoms with Gasteiger partial charge >= 0.3 is 5.97 Å². The highest BCUT2D eigenvalue weighted by Gasteiger charge is 2.37. The zero-order chi connectivity index (χ0) is 25.5. The molecule has 1 fully saturated rings. The van der Waals surface area contributed by atoms with Crippen LogP contribution >= 0.6 is 11.8 Å². The van der Waals surface area contributed by atoms with E-state index < -0.39 is 42.0 Å². The van der Waals surface area contributed by atoms with Gasteiger partial charge in [-0.15, -0.1) is 0 Å². The summed E-state index contributed by atoms with van der Waals surface area (Å²) in [5, 5.41) is 1.97. The summed E-state index contributed by atoms with van der Waals surface area (Å²) in [7, 11) is 1.42. The minimum absolute atomic E-state index is 0.0706. The summed E-state index contributed by atoms with van der Waals surface area (Å²) in [5.41, 5.74) is 0.777. The van der Waals surface area contributed by atoms with E-state index in [-0.39, 0.29) is 16.8 Å². The number of benzene rings is 2. The topological polar surface area (TPSA) is 111 Å². The molecule has 0 saturated carbocycles. The van der Waals surface area contributed by atoms with Gasteiger partial charge in [0.1, 0.15) is 12.4 Å². The Morgan fingerprint density at radius 3 is 2.51 bits per heavy atom. The highest BCUT2D eigenvalue weighted by Crippen LogP contribution is 2.37. The Labute approximate surface area is 205 Å². The number of nitrogens with one attached hydrogen (secondary N) is 1. The lowest BCUT2D eigenvalue weighted by Crippen LogP contribution is -2.35. The quantitative estimate of drug-likeness (QED) is 0.407. The van der Waals surface area contributed by atoms with Crippen molar-refractivity contribution in [2.75, 3.05) is 25.6 Å². The van der Waals surface area contributed by atoms with Crippen LogP contribution in [0, 0.1) is 5.82 Å². The Hall–Kier alpha value is -3.86. The average molecular weight is 503 g/mol. The molecule has 184 valence electrons. The Kier molecular flexibility index (Phi) is 8.48. The largest absolute Gasteiger partial charge is 0.493 e. The van der Waals surface area contributed by atoms with Crippen LogP contribution in [0.2, 0.25) is 0 Å². The fourth-order valence-corrected chi connectivity index (χ4v) is 3.87. The number of halogens is 1. The SMILES string of the molecule is COc1cccc(/C=C2/SC(=O)N(CC(=O)OC(C)C)C2=O)c1OCC(=O)Nc1ccc(F)cc1. The molecule has 1 heterocycles. The third kappa shape index (κ3) is 6.82. The van der Waals surface area contributed by atoms with Gasteiger partial charge in [-0.3, -0.25) is 24.1 Å². The molecule has 2 aromatic carbocycles. The van der Waals surface area contributed by atoms with E-state index in [0.29, 0.717) is 28.8 Å². The smallest absolute Gasteiger partial charge is 0.326 e. The number of para-hydroxylation sites is 1. The van der Waals surface area contributed by atoms with Crippen molar-refractivity contribution in [2.24, 2.45) is 0 Å². The zero-order valence-electron chi connectivity index (χ0n) is 19.2. The highest BCUT2D eigenvalue weighted by molar-refractivity contribution is 8.18. The fraction of sp³-hybridized carbons (Fsp3) is 0.250. The molecule has 1 aliphatic heterocycles. The van der Waals surface area contributed by atoms with Gasteiger partial charge in [0.15, 0.2) is 18.1 Å². The molecule has 0 unspecified atom stereocenters. The Morgan fingerprint density at radius 1 is 1.14 bits per heavy atom. The lowest BCUT2D eigenvalue weighted by atomic mass is 10.1. The molecule has 9 nitrogen and oxygen atoms in total. The third-order valence-electron chi connectivity index (χ3n) is 4.52.